The summed E-state index contributed by atoms with van der Waals surface area (Å²) in [4.78, 5) is 16.6. The number of imidazole rings is 1. The number of hydrogen-bond acceptors (Lipinski definition) is 4. The predicted octanol–water partition coefficient (Wildman–Crippen LogP) is 3.15. The van der Waals surface area contributed by atoms with Crippen molar-refractivity contribution in [1.82, 2.24) is 19.2 Å². The molecule has 1 amide bonds. The number of benzene rings is 2. The van der Waals surface area contributed by atoms with Gasteiger partial charge in [0.25, 0.3) is 5.91 Å². The van der Waals surface area contributed by atoms with Crippen molar-refractivity contribution in [3.63, 3.8) is 0 Å². The second-order valence-electron chi connectivity index (χ2n) is 6.74. The molecule has 1 aromatic heterocycles. The zero-order valence-corrected chi connectivity index (χ0v) is 18.1. The Kier molecular flexibility index (Phi) is 6.25. The fraction of sp³-hybridized carbons (Fsp3) is 0.200. The molecule has 0 aliphatic carbocycles. The zero-order chi connectivity index (χ0) is 22.1. The number of amides is 1. The molecule has 1 N–H and O–H groups in total. The highest BCUT2D eigenvalue weighted by Crippen LogP contribution is 2.22. The van der Waals surface area contributed by atoms with Crippen LogP contribution in [0.1, 0.15) is 21.7 Å². The van der Waals surface area contributed by atoms with E-state index in [4.69, 9.17) is 11.6 Å². The Morgan fingerprint density at radius 2 is 1.97 bits per heavy atom. The fourth-order valence-electron chi connectivity index (χ4n) is 2.82. The zero-order valence-electron chi connectivity index (χ0n) is 16.6. The molecule has 0 fully saturated rings. The first-order chi connectivity index (χ1) is 14.1. The average molecular weight is 451 g/mol. The minimum Gasteiger partial charge on any atom is -0.348 e. The number of rotatable bonds is 6. The Morgan fingerprint density at radius 1 is 1.23 bits per heavy atom. The van der Waals surface area contributed by atoms with Gasteiger partial charge in [-0.05, 0) is 42.8 Å². The van der Waals surface area contributed by atoms with E-state index in [1.807, 2.05) is 0 Å². The molecular formula is C20H20ClFN4O3S. The van der Waals surface area contributed by atoms with Crippen LogP contribution in [-0.2, 0) is 16.6 Å². The van der Waals surface area contributed by atoms with E-state index in [2.05, 4.69) is 10.3 Å². The molecule has 0 unspecified atom stereocenters. The molecular weight excluding hydrogens is 431 g/mol. The van der Waals surface area contributed by atoms with Gasteiger partial charge in [-0.2, -0.15) is 0 Å². The maximum atomic E-state index is 14.5. The summed E-state index contributed by atoms with van der Waals surface area (Å²) in [6.07, 6.45) is 3.24. The fourth-order valence-corrected chi connectivity index (χ4v) is 3.95. The van der Waals surface area contributed by atoms with Crippen LogP contribution in [0.3, 0.4) is 0 Å². The third-order valence-electron chi connectivity index (χ3n) is 4.51. The van der Waals surface area contributed by atoms with E-state index < -0.39 is 21.7 Å². The molecule has 0 aliphatic heterocycles. The molecule has 2 aromatic carbocycles. The van der Waals surface area contributed by atoms with E-state index in [0.717, 1.165) is 4.31 Å². The standard InChI is InChI=1S/C20H20ClFN4O3S/c1-13-23-8-9-26(13)19-7-4-14(10-18(19)22)12-24-20(27)16-11-15(5-6-17(16)21)30(28,29)25(2)3/h4-11H,12H2,1-3H3,(H,24,27). The van der Waals surface area contributed by atoms with Gasteiger partial charge in [-0.15, -0.1) is 0 Å². The van der Waals surface area contributed by atoms with Gasteiger partial charge in [0.15, 0.2) is 0 Å². The number of carbonyl (C=O) groups is 1. The minimum absolute atomic E-state index is 0.0192. The molecule has 30 heavy (non-hydrogen) atoms. The molecule has 10 heteroatoms. The van der Waals surface area contributed by atoms with E-state index in [-0.39, 0.29) is 22.0 Å². The highest BCUT2D eigenvalue weighted by molar-refractivity contribution is 7.89. The van der Waals surface area contributed by atoms with Gasteiger partial charge in [-0.1, -0.05) is 17.7 Å². The molecule has 3 rings (SSSR count). The summed E-state index contributed by atoms with van der Waals surface area (Å²) < 4.78 is 41.8. The monoisotopic (exact) mass is 450 g/mol. The van der Waals surface area contributed by atoms with Crippen LogP contribution in [0, 0.1) is 12.7 Å². The van der Waals surface area contributed by atoms with Crippen LogP contribution in [0.5, 0.6) is 0 Å². The molecule has 0 spiro atoms. The van der Waals surface area contributed by atoms with E-state index in [1.165, 1.54) is 38.4 Å². The molecule has 0 bridgehead atoms. The second kappa shape index (κ2) is 8.55. The van der Waals surface area contributed by atoms with Crippen LogP contribution < -0.4 is 5.32 Å². The second-order valence-corrected chi connectivity index (χ2v) is 9.30. The average Bonchev–Trinajstić information content (AvgIpc) is 3.12. The SMILES string of the molecule is Cc1nccn1-c1ccc(CNC(=O)c2cc(S(=O)(=O)N(C)C)ccc2Cl)cc1F. The first-order valence-electron chi connectivity index (χ1n) is 8.90. The Balaban J connectivity index is 1.78. The highest BCUT2D eigenvalue weighted by atomic mass is 35.5. The first-order valence-corrected chi connectivity index (χ1v) is 10.7. The summed E-state index contributed by atoms with van der Waals surface area (Å²) in [5.41, 5.74) is 0.908. The summed E-state index contributed by atoms with van der Waals surface area (Å²) >= 11 is 6.08. The topological polar surface area (TPSA) is 84.3 Å². The lowest BCUT2D eigenvalue weighted by molar-refractivity contribution is 0.0951. The third-order valence-corrected chi connectivity index (χ3v) is 6.65. The number of carbonyl (C=O) groups excluding carboxylic acids is 1. The Hall–Kier alpha value is -2.75. The lowest BCUT2D eigenvalue weighted by Crippen LogP contribution is -2.25. The first kappa shape index (κ1) is 21.9. The van der Waals surface area contributed by atoms with Crippen LogP contribution >= 0.6 is 11.6 Å². The van der Waals surface area contributed by atoms with E-state index >= 15 is 0 Å². The molecule has 7 nitrogen and oxygen atoms in total. The lowest BCUT2D eigenvalue weighted by atomic mass is 10.1. The van der Waals surface area contributed by atoms with Crippen molar-refractivity contribution in [2.45, 2.75) is 18.4 Å². The van der Waals surface area contributed by atoms with Crippen molar-refractivity contribution < 1.29 is 17.6 Å². The van der Waals surface area contributed by atoms with Gasteiger partial charge >= 0.3 is 0 Å². The summed E-state index contributed by atoms with van der Waals surface area (Å²) in [6, 6.07) is 8.52. The van der Waals surface area contributed by atoms with Gasteiger partial charge in [0.2, 0.25) is 10.0 Å². The summed E-state index contributed by atoms with van der Waals surface area (Å²) in [7, 11) is -0.923. The van der Waals surface area contributed by atoms with Crippen molar-refractivity contribution in [2.24, 2.45) is 0 Å². The van der Waals surface area contributed by atoms with Gasteiger partial charge in [0.05, 0.1) is 21.2 Å². The van der Waals surface area contributed by atoms with Crippen molar-refractivity contribution in [2.75, 3.05) is 14.1 Å². The van der Waals surface area contributed by atoms with Crippen LogP contribution in [-0.4, -0.2) is 42.3 Å². The minimum atomic E-state index is -3.71. The van der Waals surface area contributed by atoms with Crippen molar-refractivity contribution in [3.8, 4) is 5.69 Å². The molecule has 0 radical (unpaired) electrons. The van der Waals surface area contributed by atoms with Crippen LogP contribution in [0.2, 0.25) is 5.02 Å². The molecule has 3 aromatic rings. The number of sulfonamides is 1. The Labute approximate surface area is 179 Å². The van der Waals surface area contributed by atoms with Crippen molar-refractivity contribution in [1.29, 1.82) is 0 Å². The Bertz CT molecular complexity index is 1210. The molecule has 0 atom stereocenters. The maximum Gasteiger partial charge on any atom is 0.253 e. The van der Waals surface area contributed by atoms with Gasteiger partial charge in [-0.25, -0.2) is 22.1 Å². The van der Waals surface area contributed by atoms with E-state index in [1.54, 1.807) is 36.0 Å². The molecule has 1 heterocycles. The number of halogens is 2. The third kappa shape index (κ3) is 4.38. The quantitative estimate of drug-likeness (QED) is 0.625. The van der Waals surface area contributed by atoms with Crippen molar-refractivity contribution >= 4 is 27.5 Å². The molecule has 0 aliphatic rings. The van der Waals surface area contributed by atoms with Crippen LogP contribution in [0.4, 0.5) is 4.39 Å². The van der Waals surface area contributed by atoms with Gasteiger partial charge in [0.1, 0.15) is 11.6 Å². The summed E-state index contributed by atoms with van der Waals surface area (Å²) in [5, 5.41) is 2.75. The van der Waals surface area contributed by atoms with Crippen LogP contribution in [0.15, 0.2) is 53.7 Å². The molecule has 158 valence electrons. The number of nitrogens with zero attached hydrogens (tertiary/aromatic N) is 3. The lowest BCUT2D eigenvalue weighted by Gasteiger charge is -2.13. The van der Waals surface area contributed by atoms with Gasteiger partial charge in [-0.3, -0.25) is 4.79 Å². The van der Waals surface area contributed by atoms with E-state index in [9.17, 15) is 17.6 Å². The van der Waals surface area contributed by atoms with Gasteiger partial charge in [0, 0.05) is 33.0 Å². The maximum absolute atomic E-state index is 14.5. The number of aryl methyl sites for hydroxylation is 1. The smallest absolute Gasteiger partial charge is 0.253 e. The molecule has 0 saturated carbocycles. The molecule has 0 saturated heterocycles. The van der Waals surface area contributed by atoms with Gasteiger partial charge < -0.3 is 9.88 Å². The number of hydrogen-bond donors (Lipinski definition) is 1. The highest BCUT2D eigenvalue weighted by Gasteiger charge is 2.21. The predicted molar refractivity (Wildman–Crippen MR) is 112 cm³/mol. The summed E-state index contributed by atoms with van der Waals surface area (Å²) in [6.45, 7) is 1.81. The summed E-state index contributed by atoms with van der Waals surface area (Å²) in [5.74, 6) is -0.372. The van der Waals surface area contributed by atoms with Crippen molar-refractivity contribution in [3.05, 3.63) is 76.6 Å². The largest absolute Gasteiger partial charge is 0.348 e. The number of aromatic nitrogens is 2. The van der Waals surface area contributed by atoms with Crippen LogP contribution in [0.25, 0.3) is 5.69 Å². The number of nitrogens with one attached hydrogen (secondary N) is 1. The normalized spacial score (nSPS) is 11.7. The van der Waals surface area contributed by atoms with E-state index in [0.29, 0.717) is 17.1 Å². The Morgan fingerprint density at radius 3 is 2.57 bits per heavy atom.